The van der Waals surface area contributed by atoms with Crippen LogP contribution in [0.1, 0.15) is 0 Å². The lowest BCUT2D eigenvalue weighted by molar-refractivity contribution is 0.174. The van der Waals surface area contributed by atoms with Crippen molar-refractivity contribution in [3.63, 3.8) is 0 Å². The number of ether oxygens (including phenoxy) is 2. The second-order valence-electron chi connectivity index (χ2n) is 8.13. The van der Waals surface area contributed by atoms with Gasteiger partial charge in [-0.25, -0.2) is 4.98 Å². The number of hydrogen-bond acceptors (Lipinski definition) is 5. The van der Waals surface area contributed by atoms with Crippen LogP contribution in [0.5, 0.6) is 11.5 Å². The third-order valence-corrected chi connectivity index (χ3v) is 6.62. The van der Waals surface area contributed by atoms with Gasteiger partial charge in [0.1, 0.15) is 5.65 Å². The predicted molar refractivity (Wildman–Crippen MR) is 128 cm³/mol. The van der Waals surface area contributed by atoms with Crippen LogP contribution in [0.15, 0.2) is 54.7 Å². The Labute approximate surface area is 191 Å². The first-order valence-corrected chi connectivity index (χ1v) is 11.2. The molecule has 7 heteroatoms. The van der Waals surface area contributed by atoms with Crippen LogP contribution < -0.4 is 19.7 Å². The minimum Gasteiger partial charge on any atom is -0.454 e. The number of pyridine rings is 1. The molecule has 2 aromatic heterocycles. The van der Waals surface area contributed by atoms with Crippen molar-refractivity contribution in [1.29, 1.82) is 0 Å². The van der Waals surface area contributed by atoms with E-state index in [2.05, 4.69) is 50.1 Å². The number of hydrogen-bond donors (Lipinski definition) is 1. The Bertz CT molecular complexity index is 1310. The molecule has 0 amide bonds. The lowest BCUT2D eigenvalue weighted by atomic mass is 9.98. The maximum atomic E-state index is 6.71. The van der Waals surface area contributed by atoms with Crippen molar-refractivity contribution >= 4 is 28.3 Å². The number of aromatic nitrogens is 2. The Morgan fingerprint density at radius 3 is 2.50 bits per heavy atom. The van der Waals surface area contributed by atoms with E-state index < -0.39 is 0 Å². The third-order valence-electron chi connectivity index (χ3n) is 6.30. The van der Waals surface area contributed by atoms with Crippen molar-refractivity contribution < 1.29 is 9.47 Å². The zero-order valence-electron chi connectivity index (χ0n) is 17.8. The second-order valence-corrected chi connectivity index (χ2v) is 8.53. The molecule has 1 saturated heterocycles. The zero-order valence-corrected chi connectivity index (χ0v) is 18.5. The van der Waals surface area contributed by atoms with Gasteiger partial charge in [0.05, 0.1) is 10.7 Å². The Kier molecular flexibility index (Phi) is 4.70. The maximum absolute atomic E-state index is 6.71. The topological polar surface area (TPSA) is 51.5 Å². The summed E-state index contributed by atoms with van der Waals surface area (Å²) in [7, 11) is 2.04. The molecule has 0 saturated carbocycles. The number of anilines is 1. The maximum Gasteiger partial charge on any atom is 0.231 e. The Morgan fingerprint density at radius 1 is 0.938 bits per heavy atom. The van der Waals surface area contributed by atoms with E-state index in [1.807, 2.05) is 25.2 Å². The van der Waals surface area contributed by atoms with Gasteiger partial charge in [-0.15, -0.1) is 0 Å². The normalized spacial score (nSPS) is 15.5. The largest absolute Gasteiger partial charge is 0.454 e. The average molecular weight is 447 g/mol. The Morgan fingerprint density at radius 2 is 1.69 bits per heavy atom. The predicted octanol–water partition coefficient (Wildman–Crippen LogP) is 4.70. The van der Waals surface area contributed by atoms with Gasteiger partial charge in [-0.2, -0.15) is 0 Å². The molecule has 162 valence electrons. The average Bonchev–Trinajstić information content (AvgIpc) is 3.42. The minimum atomic E-state index is 0.247. The molecule has 0 aliphatic carbocycles. The summed E-state index contributed by atoms with van der Waals surface area (Å²) in [5.74, 6) is 1.51. The molecule has 1 fully saturated rings. The number of rotatable bonds is 3. The molecule has 1 N–H and O–H groups in total. The number of halogens is 1. The van der Waals surface area contributed by atoms with Gasteiger partial charge in [-0.1, -0.05) is 29.8 Å². The molecule has 0 spiro atoms. The molecule has 2 aliphatic rings. The molecule has 4 aromatic rings. The van der Waals surface area contributed by atoms with Crippen molar-refractivity contribution in [1.82, 2.24) is 14.9 Å². The summed E-state index contributed by atoms with van der Waals surface area (Å²) in [6, 6.07) is 16.7. The monoisotopic (exact) mass is 446 g/mol. The van der Waals surface area contributed by atoms with Crippen LogP contribution in [-0.2, 0) is 7.05 Å². The fourth-order valence-electron chi connectivity index (χ4n) is 4.73. The molecule has 0 atom stereocenters. The lowest BCUT2D eigenvalue weighted by Crippen LogP contribution is -2.43. The van der Waals surface area contributed by atoms with Gasteiger partial charge < -0.3 is 24.3 Å². The van der Waals surface area contributed by atoms with Crippen molar-refractivity contribution in [3.8, 4) is 33.9 Å². The molecule has 0 radical (unpaired) electrons. The first kappa shape index (κ1) is 19.5. The SMILES string of the molecule is Cn1c(-c2ccc(N3CCNCC3)cc2)c(-c2ccc3c(c2)OCO3)c2c(Cl)ccnc21. The smallest absolute Gasteiger partial charge is 0.231 e. The molecule has 6 nitrogen and oxygen atoms in total. The van der Waals surface area contributed by atoms with Crippen LogP contribution in [0.4, 0.5) is 5.69 Å². The van der Waals surface area contributed by atoms with E-state index in [-0.39, 0.29) is 6.79 Å². The van der Waals surface area contributed by atoms with Crippen LogP contribution in [0.2, 0.25) is 5.02 Å². The molecule has 2 aromatic carbocycles. The van der Waals surface area contributed by atoms with E-state index in [1.54, 1.807) is 6.20 Å². The first-order valence-electron chi connectivity index (χ1n) is 10.8. The lowest BCUT2D eigenvalue weighted by Gasteiger charge is -2.29. The van der Waals surface area contributed by atoms with Crippen LogP contribution in [0.25, 0.3) is 33.4 Å². The number of nitrogens with zero attached hydrogens (tertiary/aromatic N) is 3. The number of fused-ring (bicyclic) bond motifs is 2. The van der Waals surface area contributed by atoms with Gasteiger partial charge in [0, 0.05) is 56.1 Å². The van der Waals surface area contributed by atoms with E-state index in [0.717, 1.165) is 71.1 Å². The Balaban J connectivity index is 1.53. The number of benzene rings is 2. The number of nitrogens with one attached hydrogen (secondary N) is 1. The summed E-state index contributed by atoms with van der Waals surface area (Å²) in [6.07, 6.45) is 1.76. The van der Waals surface area contributed by atoms with Crippen LogP contribution in [0, 0.1) is 0 Å². The van der Waals surface area contributed by atoms with E-state index in [9.17, 15) is 0 Å². The second kappa shape index (κ2) is 7.73. The summed E-state index contributed by atoms with van der Waals surface area (Å²) >= 11 is 6.71. The summed E-state index contributed by atoms with van der Waals surface area (Å²) < 4.78 is 13.3. The van der Waals surface area contributed by atoms with E-state index >= 15 is 0 Å². The van der Waals surface area contributed by atoms with Crippen molar-refractivity contribution in [2.45, 2.75) is 0 Å². The first-order chi connectivity index (χ1) is 15.7. The van der Waals surface area contributed by atoms with Crippen molar-refractivity contribution in [3.05, 3.63) is 59.8 Å². The van der Waals surface area contributed by atoms with Crippen LogP contribution >= 0.6 is 11.6 Å². The molecule has 2 aliphatic heterocycles. The molecule has 0 unspecified atom stereocenters. The van der Waals surface area contributed by atoms with Gasteiger partial charge in [-0.3, -0.25) is 0 Å². The molecule has 0 bridgehead atoms. The van der Waals surface area contributed by atoms with Gasteiger partial charge in [0.2, 0.25) is 6.79 Å². The number of aryl methyl sites for hydroxylation is 1. The fraction of sp³-hybridized carbons (Fsp3) is 0.240. The highest BCUT2D eigenvalue weighted by Gasteiger charge is 2.23. The fourth-order valence-corrected chi connectivity index (χ4v) is 4.97. The highest BCUT2D eigenvalue weighted by atomic mass is 35.5. The molecule has 32 heavy (non-hydrogen) atoms. The molecular weight excluding hydrogens is 424 g/mol. The van der Waals surface area contributed by atoms with Gasteiger partial charge in [0.25, 0.3) is 0 Å². The summed E-state index contributed by atoms with van der Waals surface area (Å²) in [5.41, 5.74) is 6.37. The standard InChI is InChI=1S/C25H23ClN4O2/c1-29-24(16-2-5-18(6-3-16)30-12-10-27-11-13-30)22(23-19(26)8-9-28-25(23)29)17-4-7-20-21(14-17)32-15-31-20/h2-9,14,27H,10-13,15H2,1H3. The summed E-state index contributed by atoms with van der Waals surface area (Å²) in [4.78, 5) is 7.06. The Hall–Kier alpha value is -3.22. The third kappa shape index (κ3) is 3.10. The molecule has 6 rings (SSSR count). The highest BCUT2D eigenvalue weighted by Crippen LogP contribution is 2.45. The minimum absolute atomic E-state index is 0.247. The van der Waals surface area contributed by atoms with Gasteiger partial charge in [0.15, 0.2) is 11.5 Å². The number of piperazine rings is 1. The summed E-state index contributed by atoms with van der Waals surface area (Å²) in [6.45, 7) is 4.33. The van der Waals surface area contributed by atoms with Gasteiger partial charge in [-0.05, 0) is 41.5 Å². The highest BCUT2D eigenvalue weighted by molar-refractivity contribution is 6.37. The molecular formula is C25H23ClN4O2. The van der Waals surface area contributed by atoms with E-state index in [4.69, 9.17) is 21.1 Å². The zero-order chi connectivity index (χ0) is 21.7. The summed E-state index contributed by atoms with van der Waals surface area (Å²) in [5, 5.41) is 5.03. The van der Waals surface area contributed by atoms with E-state index in [0.29, 0.717) is 5.02 Å². The van der Waals surface area contributed by atoms with Gasteiger partial charge >= 0.3 is 0 Å². The van der Waals surface area contributed by atoms with Crippen molar-refractivity contribution in [2.24, 2.45) is 7.05 Å². The van der Waals surface area contributed by atoms with E-state index in [1.165, 1.54) is 5.69 Å². The van der Waals surface area contributed by atoms with Crippen LogP contribution in [0.3, 0.4) is 0 Å². The molecule has 4 heterocycles. The van der Waals surface area contributed by atoms with Crippen LogP contribution in [-0.4, -0.2) is 42.5 Å². The quantitative estimate of drug-likeness (QED) is 0.494. The van der Waals surface area contributed by atoms with Crippen molar-refractivity contribution in [2.75, 3.05) is 37.9 Å².